The zero-order valence-corrected chi connectivity index (χ0v) is 11.1. The fraction of sp³-hybridized carbons (Fsp3) is 0.769. The Morgan fingerprint density at radius 3 is 2.53 bits per heavy atom. The Morgan fingerprint density at radius 1 is 1.26 bits per heavy atom. The molecule has 1 heterocycles. The number of piperidine rings is 1. The summed E-state index contributed by atoms with van der Waals surface area (Å²) in [6.07, 6.45) is 2.79. The summed E-state index contributed by atoms with van der Waals surface area (Å²) in [5, 5.41) is 11.9. The van der Waals surface area contributed by atoms with Crippen molar-refractivity contribution in [1.29, 1.82) is 0 Å². The van der Waals surface area contributed by atoms with Crippen molar-refractivity contribution in [2.45, 2.75) is 38.1 Å². The molecule has 6 heteroatoms. The number of aliphatic carboxylic acids is 1. The van der Waals surface area contributed by atoms with Crippen molar-refractivity contribution in [2.75, 3.05) is 13.6 Å². The van der Waals surface area contributed by atoms with Crippen LogP contribution in [0, 0.1) is 11.8 Å². The molecule has 6 nitrogen and oxygen atoms in total. The van der Waals surface area contributed by atoms with Crippen LogP contribution in [-0.2, 0) is 14.4 Å². The predicted molar refractivity (Wildman–Crippen MR) is 67.3 cm³/mol. The Bertz CT molecular complexity index is 396. The van der Waals surface area contributed by atoms with Crippen molar-refractivity contribution in [3.05, 3.63) is 0 Å². The standard InChI is InChI=1S/C13H20N2O4/c1-15-7-10(4-5-11(15)16)14-12(17)8-2-3-9(6-8)13(18)19/h8-10H,2-7H2,1H3,(H,14,17)(H,18,19). The number of likely N-dealkylation sites (N-methyl/N-ethyl adjacent to an activating group) is 1. The van der Waals surface area contributed by atoms with E-state index >= 15 is 0 Å². The van der Waals surface area contributed by atoms with Gasteiger partial charge >= 0.3 is 5.97 Å². The molecule has 0 aromatic heterocycles. The van der Waals surface area contributed by atoms with Crippen molar-refractivity contribution in [1.82, 2.24) is 10.2 Å². The average Bonchev–Trinajstić information content (AvgIpc) is 2.83. The monoisotopic (exact) mass is 268 g/mol. The van der Waals surface area contributed by atoms with Gasteiger partial charge in [0.25, 0.3) is 0 Å². The number of carbonyl (C=O) groups is 3. The van der Waals surface area contributed by atoms with Gasteiger partial charge < -0.3 is 15.3 Å². The molecule has 0 spiro atoms. The lowest BCUT2D eigenvalue weighted by Gasteiger charge is -2.30. The first-order valence-electron chi connectivity index (χ1n) is 6.74. The number of carboxylic acids is 1. The molecule has 0 bridgehead atoms. The molecule has 3 atom stereocenters. The van der Waals surface area contributed by atoms with Crippen molar-refractivity contribution in [2.24, 2.45) is 11.8 Å². The lowest BCUT2D eigenvalue weighted by atomic mass is 10.0. The van der Waals surface area contributed by atoms with Crippen molar-refractivity contribution < 1.29 is 19.5 Å². The number of carboxylic acid groups (broad SMARTS) is 1. The third-order valence-electron chi connectivity index (χ3n) is 4.13. The van der Waals surface area contributed by atoms with Gasteiger partial charge in [0, 0.05) is 32.0 Å². The van der Waals surface area contributed by atoms with E-state index in [0.29, 0.717) is 38.6 Å². The Hall–Kier alpha value is -1.59. The second-order valence-corrected chi connectivity index (χ2v) is 5.56. The Kier molecular flexibility index (Phi) is 4.07. The van der Waals surface area contributed by atoms with Gasteiger partial charge in [-0.1, -0.05) is 0 Å². The molecular weight excluding hydrogens is 248 g/mol. The lowest BCUT2D eigenvalue weighted by Crippen LogP contribution is -2.49. The largest absolute Gasteiger partial charge is 0.481 e. The lowest BCUT2D eigenvalue weighted by molar-refractivity contribution is -0.141. The Morgan fingerprint density at radius 2 is 1.95 bits per heavy atom. The summed E-state index contributed by atoms with van der Waals surface area (Å²) in [6, 6.07) is -0.000854. The first-order valence-corrected chi connectivity index (χ1v) is 6.74. The van der Waals surface area contributed by atoms with Crippen molar-refractivity contribution >= 4 is 17.8 Å². The maximum atomic E-state index is 12.1. The molecule has 2 N–H and O–H groups in total. The summed E-state index contributed by atoms with van der Waals surface area (Å²) < 4.78 is 0. The van der Waals surface area contributed by atoms with E-state index in [0.717, 1.165) is 0 Å². The zero-order valence-electron chi connectivity index (χ0n) is 11.1. The highest BCUT2D eigenvalue weighted by atomic mass is 16.4. The number of likely N-dealkylation sites (tertiary alicyclic amines) is 1. The summed E-state index contributed by atoms with van der Waals surface area (Å²) in [5.41, 5.74) is 0. The van der Waals surface area contributed by atoms with E-state index in [2.05, 4.69) is 5.32 Å². The number of carbonyl (C=O) groups excluding carboxylic acids is 2. The predicted octanol–water partition coefficient (Wildman–Crippen LogP) is 0.224. The van der Waals surface area contributed by atoms with E-state index in [1.807, 2.05) is 0 Å². The minimum atomic E-state index is -0.807. The summed E-state index contributed by atoms with van der Waals surface area (Å²) in [7, 11) is 1.73. The van der Waals surface area contributed by atoms with Crippen molar-refractivity contribution in [3.63, 3.8) is 0 Å². The van der Waals surface area contributed by atoms with Crippen LogP contribution in [0.4, 0.5) is 0 Å². The van der Waals surface area contributed by atoms with Gasteiger partial charge in [0.2, 0.25) is 11.8 Å². The van der Waals surface area contributed by atoms with Gasteiger partial charge in [0.05, 0.1) is 5.92 Å². The molecule has 2 rings (SSSR count). The molecule has 1 saturated carbocycles. The van der Waals surface area contributed by atoms with Gasteiger partial charge in [-0.25, -0.2) is 0 Å². The SMILES string of the molecule is CN1CC(NC(=O)C2CCC(C(=O)O)C2)CCC1=O. The zero-order chi connectivity index (χ0) is 14.0. The normalized spacial score (nSPS) is 31.3. The van der Waals surface area contributed by atoms with Crippen molar-refractivity contribution in [3.8, 4) is 0 Å². The van der Waals surface area contributed by atoms with E-state index in [1.54, 1.807) is 11.9 Å². The quantitative estimate of drug-likeness (QED) is 0.767. The maximum Gasteiger partial charge on any atom is 0.306 e. The van der Waals surface area contributed by atoms with Crippen LogP contribution in [0.2, 0.25) is 0 Å². The van der Waals surface area contributed by atoms with E-state index in [4.69, 9.17) is 5.11 Å². The maximum absolute atomic E-state index is 12.1. The van der Waals surface area contributed by atoms with E-state index in [9.17, 15) is 14.4 Å². The smallest absolute Gasteiger partial charge is 0.306 e. The van der Waals surface area contributed by atoms with Crippen LogP contribution in [0.3, 0.4) is 0 Å². The van der Waals surface area contributed by atoms with Crippen LogP contribution in [0.15, 0.2) is 0 Å². The van der Waals surface area contributed by atoms with Crippen LogP contribution >= 0.6 is 0 Å². The minimum Gasteiger partial charge on any atom is -0.481 e. The summed E-state index contributed by atoms with van der Waals surface area (Å²) in [6.45, 7) is 0.541. The van der Waals surface area contributed by atoms with Crippen LogP contribution < -0.4 is 5.32 Å². The first kappa shape index (κ1) is 13.8. The Balaban J connectivity index is 1.82. The number of hydrogen-bond donors (Lipinski definition) is 2. The first-order chi connectivity index (χ1) is 8.97. The molecule has 2 amide bonds. The summed E-state index contributed by atoms with van der Waals surface area (Å²) in [4.78, 5) is 35.9. The second kappa shape index (κ2) is 5.59. The Labute approximate surface area is 112 Å². The number of nitrogens with one attached hydrogen (secondary N) is 1. The van der Waals surface area contributed by atoms with Gasteiger partial charge in [-0.05, 0) is 25.7 Å². The highest BCUT2D eigenvalue weighted by Gasteiger charge is 2.35. The molecule has 1 saturated heterocycles. The van der Waals surface area contributed by atoms with Gasteiger partial charge in [-0.2, -0.15) is 0 Å². The second-order valence-electron chi connectivity index (χ2n) is 5.56. The summed E-state index contributed by atoms with van der Waals surface area (Å²) in [5.74, 6) is -1.33. The highest BCUT2D eigenvalue weighted by molar-refractivity contribution is 5.82. The number of rotatable bonds is 3. The molecule has 0 aromatic carbocycles. The number of nitrogens with zero attached hydrogens (tertiary/aromatic N) is 1. The third-order valence-corrected chi connectivity index (χ3v) is 4.13. The van der Waals surface area contributed by atoms with Gasteiger partial charge in [0.1, 0.15) is 0 Å². The molecular formula is C13H20N2O4. The minimum absolute atomic E-state index is 0.000854. The number of hydrogen-bond acceptors (Lipinski definition) is 3. The highest BCUT2D eigenvalue weighted by Crippen LogP contribution is 2.31. The summed E-state index contributed by atoms with van der Waals surface area (Å²) >= 11 is 0. The molecule has 2 aliphatic rings. The molecule has 1 aliphatic heterocycles. The molecule has 0 radical (unpaired) electrons. The van der Waals surface area contributed by atoms with Gasteiger partial charge in [-0.3, -0.25) is 14.4 Å². The van der Waals surface area contributed by atoms with Crippen LogP contribution in [0.25, 0.3) is 0 Å². The van der Waals surface area contributed by atoms with Crippen LogP contribution in [0.1, 0.15) is 32.1 Å². The number of amides is 2. The molecule has 19 heavy (non-hydrogen) atoms. The van der Waals surface area contributed by atoms with E-state index < -0.39 is 5.97 Å². The van der Waals surface area contributed by atoms with E-state index in [1.165, 1.54) is 0 Å². The third kappa shape index (κ3) is 3.24. The topological polar surface area (TPSA) is 86.7 Å². The van der Waals surface area contributed by atoms with Crippen LogP contribution in [0.5, 0.6) is 0 Å². The van der Waals surface area contributed by atoms with Crippen LogP contribution in [-0.4, -0.2) is 47.4 Å². The molecule has 0 aromatic rings. The molecule has 1 aliphatic carbocycles. The fourth-order valence-corrected chi connectivity index (χ4v) is 2.89. The van der Waals surface area contributed by atoms with E-state index in [-0.39, 0.29) is 29.7 Å². The average molecular weight is 268 g/mol. The van der Waals surface area contributed by atoms with Gasteiger partial charge in [-0.15, -0.1) is 0 Å². The molecule has 3 unspecified atom stereocenters. The molecule has 2 fully saturated rings. The molecule has 106 valence electrons. The van der Waals surface area contributed by atoms with Gasteiger partial charge in [0.15, 0.2) is 0 Å². The fourth-order valence-electron chi connectivity index (χ4n) is 2.89.